The van der Waals surface area contributed by atoms with Crippen LogP contribution in [0.25, 0.3) is 6.08 Å². The molecule has 34 heavy (non-hydrogen) atoms. The molecule has 1 aliphatic rings. The lowest BCUT2D eigenvalue weighted by molar-refractivity contribution is -0.123. The summed E-state index contributed by atoms with van der Waals surface area (Å²) in [4.78, 5) is 26.7. The number of anilines is 1. The lowest BCUT2D eigenvalue weighted by Crippen LogP contribution is -2.47. The number of amides is 2. The van der Waals surface area contributed by atoms with E-state index in [1.807, 2.05) is 6.92 Å². The van der Waals surface area contributed by atoms with Crippen LogP contribution in [0.4, 0.5) is 5.69 Å². The molecular weight excluding hydrogens is 539 g/mol. The first-order chi connectivity index (χ1) is 16.1. The lowest BCUT2D eigenvalue weighted by atomic mass is 10.2. The van der Waals surface area contributed by atoms with Gasteiger partial charge in [0.15, 0.2) is 4.32 Å². The Morgan fingerprint density at radius 3 is 2.29 bits per heavy atom. The van der Waals surface area contributed by atoms with Crippen molar-refractivity contribution in [3.63, 3.8) is 0 Å². The molecule has 1 unspecified atom stereocenters. The average molecular weight is 560 g/mol. The normalized spacial score (nSPS) is 16.0. The third kappa shape index (κ3) is 6.79. The van der Waals surface area contributed by atoms with Gasteiger partial charge in [0, 0.05) is 6.42 Å². The van der Waals surface area contributed by atoms with E-state index in [1.165, 1.54) is 16.7 Å². The highest BCUT2D eigenvalue weighted by Crippen LogP contribution is 2.37. The van der Waals surface area contributed by atoms with Crippen molar-refractivity contribution in [2.45, 2.75) is 30.3 Å². The van der Waals surface area contributed by atoms with Crippen LogP contribution >= 0.6 is 58.8 Å². The quantitative estimate of drug-likeness (QED) is 0.183. The summed E-state index contributed by atoms with van der Waals surface area (Å²) < 4.78 is 9.68. The molecule has 2 aromatic carbocycles. The Morgan fingerprint density at radius 1 is 1.12 bits per heavy atom. The van der Waals surface area contributed by atoms with Gasteiger partial charge >= 0.3 is 0 Å². The third-order valence-corrected chi connectivity index (χ3v) is 6.44. The zero-order chi connectivity index (χ0) is 24.9. The highest BCUT2D eigenvalue weighted by molar-refractivity contribution is 8.27. The van der Waals surface area contributed by atoms with Crippen LogP contribution in [0.15, 0.2) is 53.4 Å². The Hall–Kier alpha value is -1.97. The van der Waals surface area contributed by atoms with Gasteiger partial charge in [-0.25, -0.2) is 0 Å². The van der Waals surface area contributed by atoms with Crippen LogP contribution in [0.5, 0.6) is 11.5 Å². The van der Waals surface area contributed by atoms with Gasteiger partial charge in [0.2, 0.25) is 15.9 Å². The summed E-state index contributed by atoms with van der Waals surface area (Å²) in [6, 6.07) is 14.0. The fourth-order valence-corrected chi connectivity index (χ4v) is 4.50. The molecule has 0 aliphatic carbocycles. The van der Waals surface area contributed by atoms with Crippen molar-refractivity contribution in [1.82, 2.24) is 5.32 Å². The predicted molar refractivity (Wildman–Crippen MR) is 143 cm³/mol. The molecule has 2 amide bonds. The van der Waals surface area contributed by atoms with Crippen molar-refractivity contribution in [3.8, 4) is 11.5 Å². The number of hydrogen-bond donors (Lipinski definition) is 1. The van der Waals surface area contributed by atoms with E-state index in [-0.39, 0.29) is 18.2 Å². The monoisotopic (exact) mass is 558 g/mol. The van der Waals surface area contributed by atoms with Gasteiger partial charge in [-0.3, -0.25) is 14.5 Å². The van der Waals surface area contributed by atoms with E-state index in [2.05, 4.69) is 5.32 Å². The van der Waals surface area contributed by atoms with Crippen LogP contribution in [0.2, 0.25) is 0 Å². The number of benzene rings is 2. The second-order valence-corrected chi connectivity index (χ2v) is 11.0. The van der Waals surface area contributed by atoms with E-state index >= 15 is 0 Å². The molecule has 0 saturated carbocycles. The van der Waals surface area contributed by atoms with Gasteiger partial charge in [-0.1, -0.05) is 77.8 Å². The smallest absolute Gasteiger partial charge is 0.270 e. The van der Waals surface area contributed by atoms with Crippen LogP contribution in [-0.2, 0) is 9.59 Å². The minimum Gasteiger partial charge on any atom is -0.494 e. The van der Waals surface area contributed by atoms with Crippen LogP contribution in [0.1, 0.15) is 25.8 Å². The summed E-state index contributed by atoms with van der Waals surface area (Å²) in [7, 11) is 0. The van der Waals surface area contributed by atoms with Gasteiger partial charge in [-0.05, 0) is 55.0 Å². The maximum absolute atomic E-state index is 13.0. The SMILES string of the molecule is CCOc1ccc(N2C(=O)C(=Cc3ccc(OC(NC(=O)CC)C(Cl)(Cl)Cl)cc3)SC2=S)cc1. The second-order valence-electron chi connectivity index (χ2n) is 6.97. The van der Waals surface area contributed by atoms with E-state index in [1.54, 1.807) is 61.5 Å². The number of rotatable bonds is 8. The van der Waals surface area contributed by atoms with Crippen molar-refractivity contribution < 1.29 is 19.1 Å². The van der Waals surface area contributed by atoms with E-state index < -0.39 is 10.0 Å². The molecule has 1 atom stereocenters. The van der Waals surface area contributed by atoms with E-state index in [0.29, 0.717) is 27.3 Å². The highest BCUT2D eigenvalue weighted by Gasteiger charge is 2.36. The van der Waals surface area contributed by atoms with Gasteiger partial charge in [0.1, 0.15) is 11.5 Å². The Kier molecular flexibility index (Phi) is 9.12. The molecule has 3 rings (SSSR count). The molecule has 1 heterocycles. The van der Waals surface area contributed by atoms with Crippen molar-refractivity contribution >= 4 is 86.7 Å². The summed E-state index contributed by atoms with van der Waals surface area (Å²) in [6.45, 7) is 4.15. The number of ether oxygens (including phenoxy) is 2. The molecule has 180 valence electrons. The molecule has 0 radical (unpaired) electrons. The maximum atomic E-state index is 13.0. The minimum absolute atomic E-state index is 0.210. The van der Waals surface area contributed by atoms with E-state index in [4.69, 9.17) is 56.5 Å². The van der Waals surface area contributed by atoms with E-state index in [9.17, 15) is 9.59 Å². The number of nitrogens with one attached hydrogen (secondary N) is 1. The van der Waals surface area contributed by atoms with Crippen LogP contribution in [0.3, 0.4) is 0 Å². The molecular formula is C23H21Cl3N2O4S2. The average Bonchev–Trinajstić information content (AvgIpc) is 3.07. The Morgan fingerprint density at radius 2 is 1.74 bits per heavy atom. The molecule has 0 bridgehead atoms. The zero-order valence-corrected chi connectivity index (χ0v) is 22.1. The molecule has 11 heteroatoms. The largest absolute Gasteiger partial charge is 0.494 e. The fourth-order valence-electron chi connectivity index (χ4n) is 2.90. The minimum atomic E-state index is -1.86. The van der Waals surface area contributed by atoms with Gasteiger partial charge in [-0.2, -0.15) is 0 Å². The van der Waals surface area contributed by atoms with Crippen molar-refractivity contribution in [1.29, 1.82) is 0 Å². The first-order valence-corrected chi connectivity index (χ1v) is 12.6. The summed E-state index contributed by atoms with van der Waals surface area (Å²) in [5.41, 5.74) is 1.42. The first kappa shape index (κ1) is 26.6. The number of nitrogens with zero attached hydrogens (tertiary/aromatic N) is 1. The Labute approximate surface area is 222 Å². The molecule has 1 fully saturated rings. The highest BCUT2D eigenvalue weighted by atomic mass is 35.6. The van der Waals surface area contributed by atoms with Gasteiger partial charge in [0.05, 0.1) is 17.2 Å². The first-order valence-electron chi connectivity index (χ1n) is 10.3. The Bertz CT molecular complexity index is 1090. The van der Waals surface area contributed by atoms with Crippen molar-refractivity contribution in [2.75, 3.05) is 11.5 Å². The summed E-state index contributed by atoms with van der Waals surface area (Å²) >= 11 is 24.4. The number of thiocarbonyl (C=S) groups is 1. The number of thioether (sulfide) groups is 1. The summed E-state index contributed by atoms with van der Waals surface area (Å²) in [5, 5.41) is 2.53. The van der Waals surface area contributed by atoms with Gasteiger partial charge in [-0.15, -0.1) is 0 Å². The van der Waals surface area contributed by atoms with Crippen molar-refractivity contribution in [3.05, 3.63) is 59.0 Å². The number of carbonyl (C=O) groups excluding carboxylic acids is 2. The summed E-state index contributed by atoms with van der Waals surface area (Å²) in [5.74, 6) is 0.577. The maximum Gasteiger partial charge on any atom is 0.270 e. The Balaban J connectivity index is 1.73. The lowest BCUT2D eigenvalue weighted by Gasteiger charge is -2.26. The van der Waals surface area contributed by atoms with Crippen molar-refractivity contribution in [2.24, 2.45) is 0 Å². The van der Waals surface area contributed by atoms with Crippen LogP contribution < -0.4 is 19.7 Å². The predicted octanol–water partition coefficient (Wildman–Crippen LogP) is 6.09. The molecule has 1 saturated heterocycles. The molecule has 2 aromatic rings. The molecule has 0 spiro atoms. The van der Waals surface area contributed by atoms with Gasteiger partial charge < -0.3 is 14.8 Å². The molecule has 6 nitrogen and oxygen atoms in total. The van der Waals surface area contributed by atoms with Crippen LogP contribution in [0, 0.1) is 0 Å². The number of hydrogen-bond acceptors (Lipinski definition) is 6. The molecule has 1 N–H and O–H groups in total. The van der Waals surface area contributed by atoms with Crippen LogP contribution in [-0.4, -0.2) is 32.8 Å². The standard InChI is InChI=1S/C23H21Cl3N2O4S2/c1-3-19(29)27-21(23(24,25)26)32-17-9-5-14(6-10-17)13-18-20(30)28(22(33)34-18)15-7-11-16(12-8-15)31-4-2/h5-13,21H,3-4H2,1-2H3,(H,27,29). The number of alkyl halides is 3. The zero-order valence-electron chi connectivity index (χ0n) is 18.2. The topological polar surface area (TPSA) is 67.9 Å². The number of halogens is 3. The number of carbonyl (C=O) groups is 2. The third-order valence-electron chi connectivity index (χ3n) is 4.54. The van der Waals surface area contributed by atoms with Gasteiger partial charge in [0.25, 0.3) is 5.91 Å². The van der Waals surface area contributed by atoms with E-state index in [0.717, 1.165) is 11.3 Å². The molecule has 0 aromatic heterocycles. The summed E-state index contributed by atoms with van der Waals surface area (Å²) in [6.07, 6.45) is 0.790. The fraction of sp³-hybridized carbons (Fsp3) is 0.261. The second kappa shape index (κ2) is 11.6. The molecule has 1 aliphatic heterocycles.